The molecule has 1 aliphatic heterocycles. The molecule has 1 saturated heterocycles. The van der Waals surface area contributed by atoms with E-state index >= 15 is 0 Å². The molecular formula is C11H24N2O2S. The van der Waals surface area contributed by atoms with Crippen molar-refractivity contribution in [1.29, 1.82) is 0 Å². The van der Waals surface area contributed by atoms with Crippen molar-refractivity contribution < 1.29 is 8.42 Å². The second kappa shape index (κ2) is 5.98. The Balaban J connectivity index is 2.87. The average Bonchev–Trinajstić information content (AvgIpc) is 2.44. The first-order valence-corrected chi connectivity index (χ1v) is 7.75. The number of hydrogen-bond donors (Lipinski definition) is 1. The fraction of sp³-hybridized carbons (Fsp3) is 1.00. The number of nitrogens with two attached hydrogens (primary N) is 1. The lowest BCUT2D eigenvalue weighted by Gasteiger charge is -2.29. The monoisotopic (exact) mass is 248 g/mol. The van der Waals surface area contributed by atoms with Gasteiger partial charge in [-0.3, -0.25) is 0 Å². The maximum Gasteiger partial charge on any atom is 0.218 e. The predicted octanol–water partition coefficient (Wildman–Crippen LogP) is 1.32. The summed E-state index contributed by atoms with van der Waals surface area (Å²) in [4.78, 5) is 0. The molecule has 5 heteroatoms. The van der Waals surface area contributed by atoms with Crippen LogP contribution in [-0.2, 0) is 10.0 Å². The van der Waals surface area contributed by atoms with E-state index < -0.39 is 15.3 Å². The van der Waals surface area contributed by atoms with Crippen LogP contribution in [0.25, 0.3) is 0 Å². The molecule has 0 saturated carbocycles. The molecule has 2 unspecified atom stereocenters. The number of nitrogens with zero attached hydrogens (tertiary/aromatic N) is 1. The third-order valence-corrected chi connectivity index (χ3v) is 6.02. The lowest BCUT2D eigenvalue weighted by molar-refractivity contribution is 0.336. The number of sulfonamides is 1. The Morgan fingerprint density at radius 1 is 1.38 bits per heavy atom. The number of rotatable bonds is 4. The summed E-state index contributed by atoms with van der Waals surface area (Å²) in [7, 11) is -3.19. The van der Waals surface area contributed by atoms with Crippen LogP contribution in [0.4, 0.5) is 0 Å². The summed E-state index contributed by atoms with van der Waals surface area (Å²) in [6.07, 6.45) is 4.81. The SMILES string of the molecule is CCC(CN)S(=O)(=O)N1CCCCCC1C. The minimum absolute atomic E-state index is 0.132. The van der Waals surface area contributed by atoms with Crippen LogP contribution in [0, 0.1) is 0 Å². The molecule has 4 nitrogen and oxygen atoms in total. The molecular weight excluding hydrogens is 224 g/mol. The molecule has 0 aromatic heterocycles. The summed E-state index contributed by atoms with van der Waals surface area (Å²) in [5.74, 6) is 0. The fourth-order valence-corrected chi connectivity index (χ4v) is 4.35. The zero-order valence-corrected chi connectivity index (χ0v) is 11.2. The Hall–Kier alpha value is -0.130. The molecule has 0 spiro atoms. The zero-order chi connectivity index (χ0) is 12.2. The topological polar surface area (TPSA) is 63.4 Å². The van der Waals surface area contributed by atoms with Gasteiger partial charge >= 0.3 is 0 Å². The largest absolute Gasteiger partial charge is 0.329 e. The van der Waals surface area contributed by atoms with E-state index in [0.717, 1.165) is 25.7 Å². The van der Waals surface area contributed by atoms with E-state index in [4.69, 9.17) is 5.73 Å². The Kier molecular flexibility index (Phi) is 5.21. The van der Waals surface area contributed by atoms with E-state index in [0.29, 0.717) is 13.0 Å². The summed E-state index contributed by atoms with van der Waals surface area (Å²) in [6.45, 7) is 4.78. The van der Waals surface area contributed by atoms with Gasteiger partial charge in [0.1, 0.15) is 0 Å². The first-order chi connectivity index (χ1) is 7.54. The van der Waals surface area contributed by atoms with Crippen molar-refractivity contribution in [3.05, 3.63) is 0 Å². The minimum Gasteiger partial charge on any atom is -0.329 e. The van der Waals surface area contributed by atoms with Crippen LogP contribution in [0.15, 0.2) is 0 Å². The van der Waals surface area contributed by atoms with E-state index in [9.17, 15) is 8.42 Å². The molecule has 0 aliphatic carbocycles. The Morgan fingerprint density at radius 3 is 2.62 bits per heavy atom. The van der Waals surface area contributed by atoms with E-state index in [1.165, 1.54) is 0 Å². The van der Waals surface area contributed by atoms with Crippen LogP contribution in [0.1, 0.15) is 46.0 Å². The molecule has 1 fully saturated rings. The van der Waals surface area contributed by atoms with Gasteiger partial charge in [-0.1, -0.05) is 19.8 Å². The minimum atomic E-state index is -3.19. The van der Waals surface area contributed by atoms with E-state index in [-0.39, 0.29) is 12.6 Å². The van der Waals surface area contributed by atoms with Crippen molar-refractivity contribution in [1.82, 2.24) is 4.31 Å². The van der Waals surface area contributed by atoms with Gasteiger partial charge in [0, 0.05) is 19.1 Å². The first kappa shape index (κ1) is 13.9. The average molecular weight is 248 g/mol. The second-order valence-corrected chi connectivity index (χ2v) is 6.79. The third-order valence-electron chi connectivity index (χ3n) is 3.46. The van der Waals surface area contributed by atoms with Crippen LogP contribution in [-0.4, -0.2) is 37.1 Å². The highest BCUT2D eigenvalue weighted by molar-refractivity contribution is 7.89. The molecule has 0 aromatic carbocycles. The molecule has 1 aliphatic rings. The van der Waals surface area contributed by atoms with Crippen LogP contribution in [0.5, 0.6) is 0 Å². The van der Waals surface area contributed by atoms with Gasteiger partial charge < -0.3 is 5.73 Å². The maximum atomic E-state index is 12.4. The zero-order valence-electron chi connectivity index (χ0n) is 10.4. The third kappa shape index (κ3) is 2.96. The highest BCUT2D eigenvalue weighted by Gasteiger charge is 2.33. The molecule has 1 rings (SSSR count). The van der Waals surface area contributed by atoms with Crippen molar-refractivity contribution in [2.45, 2.75) is 57.2 Å². The van der Waals surface area contributed by atoms with Gasteiger partial charge in [0.25, 0.3) is 0 Å². The predicted molar refractivity (Wildman–Crippen MR) is 66.7 cm³/mol. The van der Waals surface area contributed by atoms with Crippen LogP contribution >= 0.6 is 0 Å². The van der Waals surface area contributed by atoms with Gasteiger partial charge in [0.05, 0.1) is 5.25 Å². The van der Waals surface area contributed by atoms with Crippen molar-refractivity contribution in [2.75, 3.05) is 13.1 Å². The van der Waals surface area contributed by atoms with Crippen molar-refractivity contribution in [3.63, 3.8) is 0 Å². The molecule has 0 bridgehead atoms. The number of hydrogen-bond acceptors (Lipinski definition) is 3. The molecule has 2 atom stereocenters. The highest BCUT2D eigenvalue weighted by Crippen LogP contribution is 2.22. The smallest absolute Gasteiger partial charge is 0.218 e. The van der Waals surface area contributed by atoms with Crippen LogP contribution in [0.3, 0.4) is 0 Å². The Morgan fingerprint density at radius 2 is 2.06 bits per heavy atom. The maximum absolute atomic E-state index is 12.4. The van der Waals surface area contributed by atoms with Gasteiger partial charge in [-0.05, 0) is 26.2 Å². The lowest BCUT2D eigenvalue weighted by atomic mass is 10.1. The quantitative estimate of drug-likeness (QED) is 0.816. The van der Waals surface area contributed by atoms with Crippen LogP contribution < -0.4 is 5.73 Å². The van der Waals surface area contributed by atoms with E-state index in [2.05, 4.69) is 0 Å². The van der Waals surface area contributed by atoms with Crippen LogP contribution in [0.2, 0.25) is 0 Å². The van der Waals surface area contributed by atoms with Crippen molar-refractivity contribution in [2.24, 2.45) is 5.73 Å². The lowest BCUT2D eigenvalue weighted by Crippen LogP contribution is -2.46. The molecule has 1 heterocycles. The van der Waals surface area contributed by atoms with E-state index in [1.807, 2.05) is 13.8 Å². The van der Waals surface area contributed by atoms with Gasteiger partial charge in [0.2, 0.25) is 10.0 Å². The van der Waals surface area contributed by atoms with Gasteiger partial charge in [-0.15, -0.1) is 0 Å². The standard InChI is InChI=1S/C11H24N2O2S/c1-3-11(9-12)16(14,15)13-8-6-4-5-7-10(13)2/h10-11H,3-9,12H2,1-2H3. The highest BCUT2D eigenvalue weighted by atomic mass is 32.2. The van der Waals surface area contributed by atoms with Crippen molar-refractivity contribution >= 4 is 10.0 Å². The molecule has 16 heavy (non-hydrogen) atoms. The Labute approximate surface area is 99.2 Å². The second-order valence-electron chi connectivity index (χ2n) is 4.62. The normalized spacial score (nSPS) is 26.3. The summed E-state index contributed by atoms with van der Waals surface area (Å²) in [6, 6.07) is 0.132. The first-order valence-electron chi connectivity index (χ1n) is 6.24. The molecule has 0 radical (unpaired) electrons. The molecule has 0 aromatic rings. The molecule has 2 N–H and O–H groups in total. The van der Waals surface area contributed by atoms with Crippen molar-refractivity contribution in [3.8, 4) is 0 Å². The van der Waals surface area contributed by atoms with Gasteiger partial charge in [0.15, 0.2) is 0 Å². The summed E-state index contributed by atoms with van der Waals surface area (Å²) >= 11 is 0. The van der Waals surface area contributed by atoms with Gasteiger partial charge in [-0.2, -0.15) is 4.31 Å². The fourth-order valence-electron chi connectivity index (χ4n) is 2.32. The molecule has 96 valence electrons. The van der Waals surface area contributed by atoms with E-state index in [1.54, 1.807) is 4.31 Å². The summed E-state index contributed by atoms with van der Waals surface area (Å²) in [5.41, 5.74) is 5.55. The summed E-state index contributed by atoms with van der Waals surface area (Å²) < 4.78 is 26.4. The van der Waals surface area contributed by atoms with Gasteiger partial charge in [-0.25, -0.2) is 8.42 Å². The molecule has 0 amide bonds. The Bertz CT molecular complexity index is 299. The summed E-state index contributed by atoms with van der Waals surface area (Å²) in [5, 5.41) is -0.409.